The number of rotatable bonds is 9. The predicted octanol–water partition coefficient (Wildman–Crippen LogP) is 4.62. The second-order valence-electron chi connectivity index (χ2n) is 3.61. The first-order valence-corrected chi connectivity index (χ1v) is 9.64. The van der Waals surface area contributed by atoms with Crippen LogP contribution in [0.5, 0.6) is 0 Å². The van der Waals surface area contributed by atoms with E-state index in [4.69, 9.17) is 16.3 Å². The smallest absolute Gasteiger partial charge is 0.116 e. The first kappa shape index (κ1) is 15.0. The Morgan fingerprint density at radius 3 is 2.21 bits per heavy atom. The quantitative estimate of drug-likeness (QED) is 0.365. The van der Waals surface area contributed by atoms with Gasteiger partial charge in [0, 0.05) is 6.16 Å². The summed E-state index contributed by atoms with van der Waals surface area (Å²) in [5.41, 5.74) is -1.73. The molecule has 4 heteroatoms. The Kier molecular flexibility index (Phi) is 9.84. The summed E-state index contributed by atoms with van der Waals surface area (Å²) in [6.45, 7) is 5.20. The van der Waals surface area contributed by atoms with Crippen molar-refractivity contribution >= 4 is 29.5 Å². The molecule has 0 amide bonds. The van der Waals surface area contributed by atoms with Gasteiger partial charge in [0.1, 0.15) is 5.47 Å². The Balaban J connectivity index is 3.46. The van der Waals surface area contributed by atoms with E-state index >= 15 is 0 Å². The van der Waals surface area contributed by atoms with Crippen molar-refractivity contribution in [3.05, 3.63) is 0 Å². The number of unbranched alkanes of at least 4 members (excludes halogenated alkanes) is 4. The molecule has 0 N–H and O–H groups in total. The van der Waals surface area contributed by atoms with Crippen molar-refractivity contribution in [2.75, 3.05) is 12.8 Å². The van der Waals surface area contributed by atoms with E-state index in [0.717, 1.165) is 19.2 Å². The molecule has 0 aliphatic rings. The minimum Gasteiger partial charge on any atom is -0.342 e. The molecule has 14 heavy (non-hydrogen) atoms. The molecule has 0 aliphatic heterocycles. The number of thiol groups is 1. The maximum absolute atomic E-state index is 5.67. The second kappa shape index (κ2) is 9.21. The van der Waals surface area contributed by atoms with Crippen LogP contribution in [0.4, 0.5) is 0 Å². The van der Waals surface area contributed by atoms with E-state index in [-0.39, 0.29) is 0 Å². The molecule has 1 nitrogen and oxygen atoms in total. The van der Waals surface area contributed by atoms with E-state index in [1.165, 1.54) is 32.1 Å². The summed E-state index contributed by atoms with van der Waals surface area (Å²) in [5.74, 6) is 0. The van der Waals surface area contributed by atoms with E-state index in [1.54, 1.807) is 0 Å². The summed E-state index contributed by atoms with van der Waals surface area (Å²) in [4.78, 5) is 0. The highest BCUT2D eigenvalue weighted by atomic mass is 32.9. The lowest BCUT2D eigenvalue weighted by Crippen LogP contribution is -1.93. The molecule has 1 unspecified atom stereocenters. The zero-order chi connectivity index (χ0) is 10.9. The van der Waals surface area contributed by atoms with Crippen LogP contribution in [0.3, 0.4) is 0 Å². The van der Waals surface area contributed by atoms with E-state index < -0.39 is 5.47 Å². The molecule has 1 atom stereocenters. The van der Waals surface area contributed by atoms with Gasteiger partial charge in [-0.2, -0.15) is 0 Å². The molecule has 0 saturated heterocycles. The van der Waals surface area contributed by atoms with Crippen molar-refractivity contribution in [2.24, 2.45) is 0 Å². The van der Waals surface area contributed by atoms with Crippen molar-refractivity contribution in [1.82, 2.24) is 0 Å². The van der Waals surface area contributed by atoms with Gasteiger partial charge in [-0.05, 0) is 12.8 Å². The maximum Gasteiger partial charge on any atom is 0.116 e. The van der Waals surface area contributed by atoms with E-state index in [1.807, 2.05) is 0 Å². The molecule has 0 spiro atoms. The van der Waals surface area contributed by atoms with Gasteiger partial charge in [0.15, 0.2) is 0 Å². The SMILES string of the molecule is CCCCCOP(=S)(S)CCCCC. The van der Waals surface area contributed by atoms with E-state index in [0.29, 0.717) is 0 Å². The Hall–Kier alpha value is 0.960. The van der Waals surface area contributed by atoms with Crippen LogP contribution in [0.1, 0.15) is 52.4 Å². The van der Waals surface area contributed by atoms with Gasteiger partial charge in [0.25, 0.3) is 0 Å². The summed E-state index contributed by atoms with van der Waals surface area (Å²) < 4.78 is 5.67. The average molecular weight is 254 g/mol. The van der Waals surface area contributed by atoms with Gasteiger partial charge >= 0.3 is 0 Å². The molecule has 0 radical (unpaired) electrons. The van der Waals surface area contributed by atoms with Crippen LogP contribution >= 0.6 is 17.7 Å². The number of hydrogen-bond donors (Lipinski definition) is 1. The molecule has 0 aromatic rings. The molecule has 0 bridgehead atoms. The predicted molar refractivity (Wildman–Crippen MR) is 73.1 cm³/mol. The van der Waals surface area contributed by atoms with Crippen molar-refractivity contribution in [2.45, 2.75) is 52.4 Å². The van der Waals surface area contributed by atoms with Gasteiger partial charge in [-0.1, -0.05) is 51.3 Å². The van der Waals surface area contributed by atoms with Gasteiger partial charge < -0.3 is 4.52 Å². The zero-order valence-corrected chi connectivity index (χ0v) is 12.0. The summed E-state index contributed by atoms with van der Waals surface area (Å²) in [7, 11) is 0. The normalized spacial score (nSPS) is 15.4. The lowest BCUT2D eigenvalue weighted by molar-refractivity contribution is 0.343. The fraction of sp³-hybridized carbons (Fsp3) is 1.00. The topological polar surface area (TPSA) is 9.23 Å². The molecule has 86 valence electrons. The third-order valence-corrected chi connectivity index (χ3v) is 5.36. The highest BCUT2D eigenvalue weighted by molar-refractivity contribution is 8.61. The summed E-state index contributed by atoms with van der Waals surface area (Å²) in [6.07, 6.45) is 8.24. The standard InChI is InChI=1S/C10H23OPS2/c1-3-5-7-9-11-12(13,14)10-8-6-4-2/h3-10H2,1-2H3,(H,13,14). The number of hydrogen-bond acceptors (Lipinski definition) is 2. The summed E-state index contributed by atoms with van der Waals surface area (Å²) in [6, 6.07) is 0. The monoisotopic (exact) mass is 254 g/mol. The third-order valence-electron chi connectivity index (χ3n) is 2.09. The lowest BCUT2D eigenvalue weighted by Gasteiger charge is -2.16. The molecule has 0 saturated carbocycles. The minimum atomic E-state index is -1.73. The highest BCUT2D eigenvalue weighted by Crippen LogP contribution is 2.52. The molecule has 0 aliphatic carbocycles. The van der Waals surface area contributed by atoms with Crippen molar-refractivity contribution in [1.29, 1.82) is 0 Å². The van der Waals surface area contributed by atoms with Crippen LogP contribution in [0.2, 0.25) is 0 Å². The first-order chi connectivity index (χ1) is 6.62. The van der Waals surface area contributed by atoms with Gasteiger partial charge in [0.2, 0.25) is 0 Å². The minimum absolute atomic E-state index is 0.806. The maximum atomic E-state index is 5.67. The van der Waals surface area contributed by atoms with Crippen molar-refractivity contribution in [3.8, 4) is 0 Å². The average Bonchev–Trinajstić information content (AvgIpc) is 2.13. The van der Waals surface area contributed by atoms with Crippen LogP contribution in [-0.2, 0) is 16.3 Å². The van der Waals surface area contributed by atoms with E-state index in [9.17, 15) is 0 Å². The summed E-state index contributed by atoms with van der Waals surface area (Å²) in [5, 5.41) is 0. The second-order valence-corrected chi connectivity index (χ2v) is 10.1. The van der Waals surface area contributed by atoms with Crippen LogP contribution in [0, 0.1) is 0 Å². The molecule has 0 fully saturated rings. The Labute approximate surface area is 99.2 Å². The van der Waals surface area contributed by atoms with Gasteiger partial charge in [-0.3, -0.25) is 0 Å². The fourth-order valence-electron chi connectivity index (χ4n) is 1.19. The van der Waals surface area contributed by atoms with Crippen LogP contribution in [0.15, 0.2) is 0 Å². The van der Waals surface area contributed by atoms with Crippen molar-refractivity contribution in [3.63, 3.8) is 0 Å². The van der Waals surface area contributed by atoms with Crippen LogP contribution < -0.4 is 0 Å². The van der Waals surface area contributed by atoms with E-state index in [2.05, 4.69) is 26.1 Å². The Morgan fingerprint density at radius 1 is 1.07 bits per heavy atom. The molecule has 0 rings (SSSR count). The zero-order valence-electron chi connectivity index (χ0n) is 9.37. The van der Waals surface area contributed by atoms with Gasteiger partial charge in [-0.15, -0.1) is 12.2 Å². The summed E-state index contributed by atoms with van der Waals surface area (Å²) >= 11 is 9.82. The van der Waals surface area contributed by atoms with Crippen LogP contribution in [0.25, 0.3) is 0 Å². The Morgan fingerprint density at radius 2 is 1.64 bits per heavy atom. The molecular weight excluding hydrogens is 231 g/mol. The molecule has 0 heterocycles. The lowest BCUT2D eigenvalue weighted by atomic mass is 10.3. The largest absolute Gasteiger partial charge is 0.342 e. The molecular formula is C10H23OPS2. The van der Waals surface area contributed by atoms with Gasteiger partial charge in [-0.25, -0.2) is 0 Å². The molecule has 0 aromatic carbocycles. The Bertz CT molecular complexity index is 174. The first-order valence-electron chi connectivity index (χ1n) is 5.58. The van der Waals surface area contributed by atoms with Crippen LogP contribution in [-0.4, -0.2) is 12.8 Å². The van der Waals surface area contributed by atoms with Crippen molar-refractivity contribution < 1.29 is 4.52 Å². The fourth-order valence-corrected chi connectivity index (χ4v) is 3.63. The highest BCUT2D eigenvalue weighted by Gasteiger charge is 2.10. The third kappa shape index (κ3) is 9.51. The molecule has 0 aromatic heterocycles. The van der Waals surface area contributed by atoms with Gasteiger partial charge in [0.05, 0.1) is 6.61 Å².